The summed E-state index contributed by atoms with van der Waals surface area (Å²) in [6.45, 7) is 1.32. The average molecular weight is 279 g/mol. The number of rotatable bonds is 3. The zero-order valence-corrected chi connectivity index (χ0v) is 10.5. The lowest BCUT2D eigenvalue weighted by Crippen LogP contribution is -2.36. The van der Waals surface area contributed by atoms with Crippen molar-refractivity contribution >= 4 is 21.6 Å². The summed E-state index contributed by atoms with van der Waals surface area (Å²) in [6, 6.07) is 3.33. The summed E-state index contributed by atoms with van der Waals surface area (Å²) in [7, 11) is -3.81. The highest BCUT2D eigenvalue weighted by molar-refractivity contribution is 7.89. The van der Waals surface area contributed by atoms with E-state index in [4.69, 9.17) is 11.6 Å². The molecule has 2 N–H and O–H groups in total. The van der Waals surface area contributed by atoms with E-state index < -0.39 is 15.8 Å². The Labute approximate surface area is 104 Å². The second-order valence-electron chi connectivity index (χ2n) is 3.89. The Morgan fingerprint density at radius 1 is 1.47 bits per heavy atom. The fourth-order valence-corrected chi connectivity index (χ4v) is 3.22. The van der Waals surface area contributed by atoms with E-state index in [1.54, 1.807) is 0 Å². The van der Waals surface area contributed by atoms with Gasteiger partial charge in [-0.05, 0) is 31.2 Å². The fourth-order valence-electron chi connectivity index (χ4n) is 1.73. The molecule has 94 valence electrons. The Morgan fingerprint density at radius 2 is 2.24 bits per heavy atom. The molecule has 1 aliphatic rings. The predicted octanol–water partition coefficient (Wildman–Crippen LogP) is 1.12. The molecular formula is C10H12ClFN2O2S. The first-order chi connectivity index (χ1) is 7.99. The van der Waals surface area contributed by atoms with Crippen LogP contribution in [0.3, 0.4) is 0 Å². The number of nitrogens with one attached hydrogen (secondary N) is 2. The van der Waals surface area contributed by atoms with Crippen molar-refractivity contribution in [3.63, 3.8) is 0 Å². The quantitative estimate of drug-likeness (QED) is 0.871. The molecule has 2 rings (SSSR count). The van der Waals surface area contributed by atoms with Crippen molar-refractivity contribution in [3.8, 4) is 0 Å². The molecule has 7 heteroatoms. The van der Waals surface area contributed by atoms with E-state index in [1.165, 1.54) is 12.1 Å². The summed E-state index contributed by atoms with van der Waals surface area (Å²) in [5, 5.41) is 3.20. The smallest absolute Gasteiger partial charge is 0.243 e. The molecule has 0 amide bonds. The lowest BCUT2D eigenvalue weighted by molar-refractivity contribution is 0.542. The van der Waals surface area contributed by atoms with Gasteiger partial charge in [0.05, 0.1) is 0 Å². The summed E-state index contributed by atoms with van der Waals surface area (Å²) in [4.78, 5) is -0.367. The van der Waals surface area contributed by atoms with E-state index >= 15 is 0 Å². The van der Waals surface area contributed by atoms with Crippen LogP contribution in [0.15, 0.2) is 23.1 Å². The molecule has 17 heavy (non-hydrogen) atoms. The van der Waals surface area contributed by atoms with Gasteiger partial charge in [-0.15, -0.1) is 0 Å². The van der Waals surface area contributed by atoms with E-state index in [0.717, 1.165) is 12.6 Å². The third kappa shape index (κ3) is 2.95. The topological polar surface area (TPSA) is 58.2 Å². The SMILES string of the molecule is O=S(=O)(NC1CCNC1)c1ccc(Cl)cc1F. The normalized spacial score (nSPS) is 20.7. The molecule has 1 saturated heterocycles. The van der Waals surface area contributed by atoms with Gasteiger partial charge < -0.3 is 5.32 Å². The number of hydrogen-bond acceptors (Lipinski definition) is 3. The van der Waals surface area contributed by atoms with E-state index in [2.05, 4.69) is 10.0 Å². The van der Waals surface area contributed by atoms with Crippen LogP contribution in [-0.4, -0.2) is 27.5 Å². The van der Waals surface area contributed by atoms with Crippen LogP contribution in [0.5, 0.6) is 0 Å². The van der Waals surface area contributed by atoms with Crippen LogP contribution >= 0.6 is 11.6 Å². The third-order valence-corrected chi connectivity index (χ3v) is 4.35. The zero-order valence-electron chi connectivity index (χ0n) is 8.91. The minimum atomic E-state index is -3.81. The first-order valence-electron chi connectivity index (χ1n) is 5.17. The van der Waals surface area contributed by atoms with Crippen LogP contribution in [0.1, 0.15) is 6.42 Å². The van der Waals surface area contributed by atoms with Crippen LogP contribution in [0.25, 0.3) is 0 Å². The Bertz CT molecular complexity index is 515. The van der Waals surface area contributed by atoms with Gasteiger partial charge in [0.15, 0.2) is 0 Å². The molecule has 0 spiro atoms. The van der Waals surface area contributed by atoms with Crippen LogP contribution in [0, 0.1) is 5.82 Å². The molecule has 1 aromatic rings. The van der Waals surface area contributed by atoms with Gasteiger partial charge in [0.1, 0.15) is 10.7 Å². The van der Waals surface area contributed by atoms with Gasteiger partial charge in [-0.25, -0.2) is 17.5 Å². The minimum Gasteiger partial charge on any atom is -0.315 e. The fraction of sp³-hybridized carbons (Fsp3) is 0.400. The molecule has 1 unspecified atom stereocenters. The molecule has 0 bridgehead atoms. The van der Waals surface area contributed by atoms with Crippen molar-refractivity contribution in [2.24, 2.45) is 0 Å². The first-order valence-corrected chi connectivity index (χ1v) is 7.03. The van der Waals surface area contributed by atoms with Gasteiger partial charge in [-0.1, -0.05) is 11.6 Å². The summed E-state index contributed by atoms with van der Waals surface area (Å²) >= 11 is 5.57. The molecule has 0 saturated carbocycles. The van der Waals surface area contributed by atoms with Gasteiger partial charge in [0, 0.05) is 17.6 Å². The Hall–Kier alpha value is -0.690. The summed E-state index contributed by atoms with van der Waals surface area (Å²) in [5.74, 6) is -0.837. The molecule has 1 fully saturated rings. The molecule has 1 aliphatic heterocycles. The van der Waals surface area contributed by atoms with E-state index in [0.29, 0.717) is 13.0 Å². The monoisotopic (exact) mass is 278 g/mol. The maximum atomic E-state index is 13.5. The van der Waals surface area contributed by atoms with Crippen molar-refractivity contribution in [3.05, 3.63) is 29.0 Å². The summed E-state index contributed by atoms with van der Waals surface area (Å²) in [5.41, 5.74) is 0. The molecule has 0 aromatic heterocycles. The number of benzene rings is 1. The summed E-state index contributed by atoms with van der Waals surface area (Å²) in [6.07, 6.45) is 0.703. The zero-order chi connectivity index (χ0) is 12.5. The molecule has 0 radical (unpaired) electrons. The van der Waals surface area contributed by atoms with Crippen LogP contribution < -0.4 is 10.0 Å². The second kappa shape index (κ2) is 4.89. The molecule has 0 aliphatic carbocycles. The summed E-state index contributed by atoms with van der Waals surface area (Å²) < 4.78 is 39.8. The number of hydrogen-bond donors (Lipinski definition) is 2. The van der Waals surface area contributed by atoms with E-state index in [-0.39, 0.29) is 16.0 Å². The first kappa shape index (κ1) is 12.8. The lowest BCUT2D eigenvalue weighted by atomic mass is 10.3. The highest BCUT2D eigenvalue weighted by atomic mass is 35.5. The molecular weight excluding hydrogens is 267 g/mol. The van der Waals surface area contributed by atoms with Crippen molar-refractivity contribution in [1.82, 2.24) is 10.0 Å². The highest BCUT2D eigenvalue weighted by Crippen LogP contribution is 2.19. The van der Waals surface area contributed by atoms with Crippen molar-refractivity contribution in [2.75, 3.05) is 13.1 Å². The predicted molar refractivity (Wildman–Crippen MR) is 63.0 cm³/mol. The number of sulfonamides is 1. The molecule has 1 aromatic carbocycles. The standard InChI is InChI=1S/C10H12ClFN2O2S/c11-7-1-2-10(9(12)5-7)17(15,16)14-8-3-4-13-6-8/h1-2,5,8,13-14H,3-4,6H2. The third-order valence-electron chi connectivity index (χ3n) is 2.57. The molecule has 4 nitrogen and oxygen atoms in total. The molecule has 1 heterocycles. The maximum Gasteiger partial charge on any atom is 0.243 e. The lowest BCUT2D eigenvalue weighted by Gasteiger charge is -2.12. The van der Waals surface area contributed by atoms with Crippen LogP contribution in [0.2, 0.25) is 5.02 Å². The maximum absolute atomic E-state index is 13.5. The highest BCUT2D eigenvalue weighted by Gasteiger charge is 2.25. The van der Waals surface area contributed by atoms with Gasteiger partial charge in [-0.2, -0.15) is 0 Å². The second-order valence-corrected chi connectivity index (χ2v) is 6.00. The number of halogens is 2. The van der Waals surface area contributed by atoms with Crippen LogP contribution in [-0.2, 0) is 10.0 Å². The van der Waals surface area contributed by atoms with Gasteiger partial charge in [-0.3, -0.25) is 0 Å². The van der Waals surface area contributed by atoms with Crippen LogP contribution in [0.4, 0.5) is 4.39 Å². The van der Waals surface area contributed by atoms with Gasteiger partial charge >= 0.3 is 0 Å². The largest absolute Gasteiger partial charge is 0.315 e. The van der Waals surface area contributed by atoms with Gasteiger partial charge in [0.25, 0.3) is 0 Å². The van der Waals surface area contributed by atoms with Gasteiger partial charge in [0.2, 0.25) is 10.0 Å². The Morgan fingerprint density at radius 3 is 2.82 bits per heavy atom. The van der Waals surface area contributed by atoms with E-state index in [9.17, 15) is 12.8 Å². The van der Waals surface area contributed by atoms with E-state index in [1.807, 2.05) is 0 Å². The molecule has 1 atom stereocenters. The minimum absolute atomic E-state index is 0.170. The van der Waals surface area contributed by atoms with Crippen molar-refractivity contribution < 1.29 is 12.8 Å². The Kier molecular flexibility index (Phi) is 3.67. The van der Waals surface area contributed by atoms with Crippen molar-refractivity contribution in [2.45, 2.75) is 17.4 Å². The Balaban J connectivity index is 2.24. The average Bonchev–Trinajstić information content (AvgIpc) is 2.68. The van der Waals surface area contributed by atoms with Crippen molar-refractivity contribution in [1.29, 1.82) is 0 Å².